The molecule has 0 spiro atoms. The highest BCUT2D eigenvalue weighted by atomic mass is 16.5. The fraction of sp³-hybridized carbons (Fsp3) is 0.364. The SMILES string of the molecule is COC(=O)c1cc([C@@H](N)CO)ccc1OC. The molecule has 5 nitrogen and oxygen atoms in total. The van der Waals surface area contributed by atoms with Gasteiger partial charge in [-0.1, -0.05) is 6.07 Å². The molecule has 1 rings (SSSR count). The number of aliphatic hydroxyl groups is 1. The van der Waals surface area contributed by atoms with E-state index in [1.807, 2.05) is 0 Å². The molecule has 3 N–H and O–H groups in total. The summed E-state index contributed by atoms with van der Waals surface area (Å²) >= 11 is 0. The number of aliphatic hydroxyl groups excluding tert-OH is 1. The van der Waals surface area contributed by atoms with E-state index in [1.165, 1.54) is 14.2 Å². The molecule has 0 unspecified atom stereocenters. The van der Waals surface area contributed by atoms with E-state index >= 15 is 0 Å². The maximum Gasteiger partial charge on any atom is 0.341 e. The van der Waals surface area contributed by atoms with Crippen LogP contribution in [0, 0.1) is 0 Å². The van der Waals surface area contributed by atoms with Gasteiger partial charge in [-0.2, -0.15) is 0 Å². The number of benzene rings is 1. The fourth-order valence-corrected chi connectivity index (χ4v) is 1.33. The van der Waals surface area contributed by atoms with Crippen molar-refractivity contribution in [1.82, 2.24) is 0 Å². The summed E-state index contributed by atoms with van der Waals surface area (Å²) in [5.74, 6) is -0.0791. The van der Waals surface area contributed by atoms with E-state index in [0.29, 0.717) is 16.9 Å². The second-order valence-electron chi connectivity index (χ2n) is 3.24. The first-order chi connectivity index (χ1) is 7.63. The quantitative estimate of drug-likeness (QED) is 0.728. The van der Waals surface area contributed by atoms with Crippen molar-refractivity contribution in [3.05, 3.63) is 29.3 Å². The summed E-state index contributed by atoms with van der Waals surface area (Å²) in [6.07, 6.45) is 0. The van der Waals surface area contributed by atoms with Crippen molar-refractivity contribution in [2.45, 2.75) is 6.04 Å². The Labute approximate surface area is 93.8 Å². The highest BCUT2D eigenvalue weighted by molar-refractivity contribution is 5.92. The maximum atomic E-state index is 11.5. The Morgan fingerprint density at radius 2 is 2.19 bits per heavy atom. The Balaban J connectivity index is 3.16. The lowest BCUT2D eigenvalue weighted by atomic mass is 10.0. The van der Waals surface area contributed by atoms with Crippen molar-refractivity contribution in [2.75, 3.05) is 20.8 Å². The van der Waals surface area contributed by atoms with Crippen LogP contribution in [0.4, 0.5) is 0 Å². The van der Waals surface area contributed by atoms with Gasteiger partial charge in [-0.3, -0.25) is 0 Å². The normalized spacial score (nSPS) is 12.0. The molecule has 0 saturated carbocycles. The molecule has 88 valence electrons. The molecule has 0 heterocycles. The smallest absolute Gasteiger partial charge is 0.341 e. The molecule has 16 heavy (non-hydrogen) atoms. The summed E-state index contributed by atoms with van der Waals surface area (Å²) in [5.41, 5.74) is 6.61. The molecule has 1 aromatic carbocycles. The second kappa shape index (κ2) is 5.48. The van der Waals surface area contributed by atoms with Crippen LogP contribution in [0.25, 0.3) is 0 Å². The zero-order chi connectivity index (χ0) is 12.1. The average molecular weight is 225 g/mol. The van der Waals surface area contributed by atoms with Crippen LogP contribution in [0.1, 0.15) is 22.0 Å². The van der Waals surface area contributed by atoms with E-state index in [-0.39, 0.29) is 6.61 Å². The van der Waals surface area contributed by atoms with Crippen molar-refractivity contribution < 1.29 is 19.4 Å². The summed E-state index contributed by atoms with van der Waals surface area (Å²) in [6.45, 7) is -0.188. The van der Waals surface area contributed by atoms with Gasteiger partial charge in [0.2, 0.25) is 0 Å². The predicted octanol–water partition coefficient (Wildman–Crippen LogP) is 0.474. The van der Waals surface area contributed by atoms with Crippen molar-refractivity contribution in [3.63, 3.8) is 0 Å². The predicted molar refractivity (Wildman–Crippen MR) is 58.3 cm³/mol. The maximum absolute atomic E-state index is 11.5. The number of nitrogens with two attached hydrogens (primary N) is 1. The molecule has 0 radical (unpaired) electrons. The van der Waals surface area contributed by atoms with E-state index < -0.39 is 12.0 Å². The number of rotatable bonds is 4. The van der Waals surface area contributed by atoms with Gasteiger partial charge in [0, 0.05) is 0 Å². The van der Waals surface area contributed by atoms with Gasteiger partial charge in [-0.05, 0) is 17.7 Å². The third-order valence-corrected chi connectivity index (χ3v) is 2.25. The van der Waals surface area contributed by atoms with E-state index in [2.05, 4.69) is 4.74 Å². The summed E-state index contributed by atoms with van der Waals surface area (Å²) in [5, 5.41) is 8.93. The zero-order valence-electron chi connectivity index (χ0n) is 9.27. The molecule has 0 aliphatic heterocycles. The van der Waals surface area contributed by atoms with Crippen LogP contribution in [-0.4, -0.2) is 31.9 Å². The lowest BCUT2D eigenvalue weighted by molar-refractivity contribution is 0.0597. The summed E-state index contributed by atoms with van der Waals surface area (Å²) in [6, 6.07) is 4.36. The number of carbonyl (C=O) groups excluding carboxylic acids is 1. The standard InChI is InChI=1S/C11H15NO4/c1-15-10-4-3-7(9(12)6-13)5-8(10)11(14)16-2/h3-5,9,13H,6,12H2,1-2H3/t9-/m0/s1. The van der Waals surface area contributed by atoms with Gasteiger partial charge in [-0.15, -0.1) is 0 Å². The van der Waals surface area contributed by atoms with Crippen LogP contribution >= 0.6 is 0 Å². The number of methoxy groups -OCH3 is 2. The third-order valence-electron chi connectivity index (χ3n) is 2.25. The van der Waals surface area contributed by atoms with Crippen molar-refractivity contribution >= 4 is 5.97 Å². The van der Waals surface area contributed by atoms with Crippen LogP contribution < -0.4 is 10.5 Å². The Kier molecular flexibility index (Phi) is 4.28. The molecule has 0 bridgehead atoms. The van der Waals surface area contributed by atoms with Crippen molar-refractivity contribution in [1.29, 1.82) is 0 Å². The van der Waals surface area contributed by atoms with Gasteiger partial charge < -0.3 is 20.3 Å². The lowest BCUT2D eigenvalue weighted by Gasteiger charge is -2.12. The molecular formula is C11H15NO4. The molecule has 1 aromatic rings. The minimum absolute atomic E-state index is 0.188. The first-order valence-electron chi connectivity index (χ1n) is 4.76. The third kappa shape index (κ3) is 2.50. The Bertz CT molecular complexity index is 378. The van der Waals surface area contributed by atoms with E-state index in [4.69, 9.17) is 15.6 Å². The molecular weight excluding hydrogens is 210 g/mol. The number of carbonyl (C=O) groups is 1. The fourth-order valence-electron chi connectivity index (χ4n) is 1.33. The second-order valence-corrected chi connectivity index (χ2v) is 3.24. The summed E-state index contributed by atoms with van der Waals surface area (Å²) < 4.78 is 9.66. The Hall–Kier alpha value is -1.59. The zero-order valence-corrected chi connectivity index (χ0v) is 9.27. The average Bonchev–Trinajstić information content (AvgIpc) is 2.35. The van der Waals surface area contributed by atoms with Crippen LogP contribution in [-0.2, 0) is 4.74 Å². The minimum atomic E-state index is -0.519. The van der Waals surface area contributed by atoms with Crippen LogP contribution in [0.5, 0.6) is 5.75 Å². The molecule has 0 saturated heterocycles. The highest BCUT2D eigenvalue weighted by Crippen LogP contribution is 2.23. The summed E-state index contributed by atoms with van der Waals surface area (Å²) in [4.78, 5) is 11.5. The van der Waals surface area contributed by atoms with Crippen LogP contribution in [0.3, 0.4) is 0 Å². The van der Waals surface area contributed by atoms with Gasteiger partial charge in [0.15, 0.2) is 0 Å². The number of esters is 1. The van der Waals surface area contributed by atoms with Gasteiger partial charge in [0.05, 0.1) is 26.9 Å². The van der Waals surface area contributed by atoms with Gasteiger partial charge in [0.1, 0.15) is 11.3 Å². The van der Waals surface area contributed by atoms with Crippen LogP contribution in [0.2, 0.25) is 0 Å². The van der Waals surface area contributed by atoms with Gasteiger partial charge in [-0.25, -0.2) is 4.79 Å². The molecule has 0 fully saturated rings. The molecule has 0 aromatic heterocycles. The molecule has 0 amide bonds. The number of hydrogen-bond donors (Lipinski definition) is 2. The van der Waals surface area contributed by atoms with E-state index in [9.17, 15) is 4.79 Å². The minimum Gasteiger partial charge on any atom is -0.496 e. The van der Waals surface area contributed by atoms with E-state index in [0.717, 1.165) is 0 Å². The molecule has 1 atom stereocenters. The highest BCUT2D eigenvalue weighted by Gasteiger charge is 2.15. The van der Waals surface area contributed by atoms with Gasteiger partial charge >= 0.3 is 5.97 Å². The molecule has 5 heteroatoms. The number of hydrogen-bond acceptors (Lipinski definition) is 5. The Morgan fingerprint density at radius 1 is 1.50 bits per heavy atom. The lowest BCUT2D eigenvalue weighted by Crippen LogP contribution is -2.15. The topological polar surface area (TPSA) is 81.8 Å². The van der Waals surface area contributed by atoms with Crippen molar-refractivity contribution in [3.8, 4) is 5.75 Å². The van der Waals surface area contributed by atoms with Crippen molar-refractivity contribution in [2.24, 2.45) is 5.73 Å². The Morgan fingerprint density at radius 3 is 2.69 bits per heavy atom. The largest absolute Gasteiger partial charge is 0.496 e. The van der Waals surface area contributed by atoms with E-state index in [1.54, 1.807) is 18.2 Å². The molecule has 0 aliphatic carbocycles. The monoisotopic (exact) mass is 225 g/mol. The first kappa shape index (κ1) is 12.5. The van der Waals surface area contributed by atoms with Crippen LogP contribution in [0.15, 0.2) is 18.2 Å². The molecule has 0 aliphatic rings. The summed E-state index contributed by atoms with van der Waals surface area (Å²) in [7, 11) is 2.76. The number of ether oxygens (including phenoxy) is 2. The van der Waals surface area contributed by atoms with Gasteiger partial charge in [0.25, 0.3) is 0 Å². The first-order valence-corrected chi connectivity index (χ1v) is 4.76.